The first-order chi connectivity index (χ1) is 13.3. The molecule has 0 saturated heterocycles. The third-order valence-corrected chi connectivity index (χ3v) is 5.36. The van der Waals surface area contributed by atoms with Crippen molar-refractivity contribution in [3.8, 4) is 11.1 Å². The van der Waals surface area contributed by atoms with Crippen molar-refractivity contribution in [2.75, 3.05) is 12.4 Å². The van der Waals surface area contributed by atoms with Crippen LogP contribution in [0.15, 0.2) is 37.1 Å². The number of fused-ring (bicyclic) bond motifs is 2. The van der Waals surface area contributed by atoms with Gasteiger partial charge < -0.3 is 15.0 Å². The van der Waals surface area contributed by atoms with Crippen molar-refractivity contribution in [2.24, 2.45) is 0 Å². The van der Waals surface area contributed by atoms with Gasteiger partial charge in [0.25, 0.3) is 0 Å². The Balaban J connectivity index is 1.39. The number of aromatic nitrogens is 6. The van der Waals surface area contributed by atoms with Crippen LogP contribution >= 0.6 is 0 Å². The Morgan fingerprint density at radius 2 is 2.11 bits per heavy atom. The monoisotopic (exact) mass is 363 g/mol. The Kier molecular flexibility index (Phi) is 3.97. The standard InChI is InChI=1S/C19H21N7O/c1-27-14-4-2-13(3-5-14)24-19-21-10-16-15(9-20-18(16)25-19)12-6-7-26-17(8-12)22-11-23-26/h6-11,13-14H,2-5H2,1H3,(H2,20,21,24,25)/t13-,14+. The van der Waals surface area contributed by atoms with Gasteiger partial charge in [0.05, 0.1) is 6.10 Å². The molecule has 0 spiro atoms. The van der Waals surface area contributed by atoms with Crippen molar-refractivity contribution in [3.63, 3.8) is 0 Å². The molecule has 5 rings (SSSR count). The second-order valence-corrected chi connectivity index (χ2v) is 6.99. The van der Waals surface area contributed by atoms with Gasteiger partial charge in [-0.2, -0.15) is 10.1 Å². The van der Waals surface area contributed by atoms with Gasteiger partial charge in [0.2, 0.25) is 5.95 Å². The van der Waals surface area contributed by atoms with Gasteiger partial charge in [-0.3, -0.25) is 0 Å². The fraction of sp³-hybridized carbons (Fsp3) is 0.368. The lowest BCUT2D eigenvalue weighted by atomic mass is 9.93. The number of anilines is 1. The highest BCUT2D eigenvalue weighted by Crippen LogP contribution is 2.29. The molecule has 138 valence electrons. The first-order valence-corrected chi connectivity index (χ1v) is 9.23. The minimum Gasteiger partial charge on any atom is -0.381 e. The summed E-state index contributed by atoms with van der Waals surface area (Å²) in [6, 6.07) is 4.43. The summed E-state index contributed by atoms with van der Waals surface area (Å²) in [5.74, 6) is 0.671. The molecular formula is C19H21N7O. The number of aromatic amines is 1. The summed E-state index contributed by atoms with van der Waals surface area (Å²) in [4.78, 5) is 16.7. The van der Waals surface area contributed by atoms with E-state index in [0.29, 0.717) is 18.1 Å². The second kappa shape index (κ2) is 6.62. The molecule has 27 heavy (non-hydrogen) atoms. The zero-order valence-corrected chi connectivity index (χ0v) is 15.1. The molecule has 8 nitrogen and oxygen atoms in total. The Morgan fingerprint density at radius 3 is 2.96 bits per heavy atom. The van der Waals surface area contributed by atoms with E-state index in [1.165, 1.54) is 0 Å². The molecule has 0 aromatic carbocycles. The number of H-pyrrole nitrogens is 1. The molecule has 4 heterocycles. The van der Waals surface area contributed by atoms with Crippen LogP contribution in [0.3, 0.4) is 0 Å². The van der Waals surface area contributed by atoms with E-state index >= 15 is 0 Å². The number of ether oxygens (including phenoxy) is 1. The maximum absolute atomic E-state index is 5.44. The van der Waals surface area contributed by atoms with E-state index in [4.69, 9.17) is 4.74 Å². The van der Waals surface area contributed by atoms with Gasteiger partial charge in [-0.25, -0.2) is 14.5 Å². The molecule has 1 saturated carbocycles. The number of nitrogens with zero attached hydrogens (tertiary/aromatic N) is 5. The minimum atomic E-state index is 0.389. The van der Waals surface area contributed by atoms with Crippen LogP contribution in [-0.2, 0) is 4.74 Å². The van der Waals surface area contributed by atoms with Crippen LogP contribution in [0.2, 0.25) is 0 Å². The van der Waals surface area contributed by atoms with Crippen LogP contribution in [0.25, 0.3) is 27.8 Å². The van der Waals surface area contributed by atoms with Crippen molar-refractivity contribution < 1.29 is 4.74 Å². The van der Waals surface area contributed by atoms with E-state index in [0.717, 1.165) is 53.5 Å². The molecule has 4 aromatic heterocycles. The van der Waals surface area contributed by atoms with Crippen molar-refractivity contribution in [1.29, 1.82) is 0 Å². The fourth-order valence-electron chi connectivity index (χ4n) is 3.82. The molecule has 4 aromatic rings. The number of pyridine rings is 1. The first-order valence-electron chi connectivity index (χ1n) is 9.23. The van der Waals surface area contributed by atoms with Crippen LogP contribution in [0, 0.1) is 0 Å². The topological polar surface area (TPSA) is 93.0 Å². The Hall–Kier alpha value is -3.00. The molecule has 0 atom stereocenters. The van der Waals surface area contributed by atoms with E-state index in [2.05, 4.69) is 30.4 Å². The SMILES string of the molecule is CO[C@H]1CC[C@@H](Nc2ncc3c(-c4ccn5ncnc5c4)c[nH]c3n2)CC1. The highest BCUT2D eigenvalue weighted by molar-refractivity contribution is 5.93. The summed E-state index contributed by atoms with van der Waals surface area (Å²) in [5.41, 5.74) is 3.76. The maximum Gasteiger partial charge on any atom is 0.224 e. The summed E-state index contributed by atoms with van der Waals surface area (Å²) in [7, 11) is 1.79. The quantitative estimate of drug-likeness (QED) is 0.579. The largest absolute Gasteiger partial charge is 0.381 e. The average Bonchev–Trinajstić information content (AvgIpc) is 3.34. The molecular weight excluding hydrogens is 342 g/mol. The van der Waals surface area contributed by atoms with E-state index in [-0.39, 0.29) is 0 Å². The smallest absolute Gasteiger partial charge is 0.224 e. The number of hydrogen-bond donors (Lipinski definition) is 2. The van der Waals surface area contributed by atoms with Crippen molar-refractivity contribution in [3.05, 3.63) is 37.1 Å². The molecule has 0 bridgehead atoms. The first kappa shape index (κ1) is 16.2. The van der Waals surface area contributed by atoms with Gasteiger partial charge in [0.1, 0.15) is 12.0 Å². The van der Waals surface area contributed by atoms with Crippen LogP contribution < -0.4 is 5.32 Å². The van der Waals surface area contributed by atoms with Crippen LogP contribution in [0.4, 0.5) is 5.95 Å². The van der Waals surface area contributed by atoms with Gasteiger partial charge in [0, 0.05) is 42.7 Å². The zero-order valence-electron chi connectivity index (χ0n) is 15.1. The average molecular weight is 363 g/mol. The predicted octanol–water partition coefficient (Wildman–Crippen LogP) is 3.04. The second-order valence-electron chi connectivity index (χ2n) is 6.99. The van der Waals surface area contributed by atoms with Crippen molar-refractivity contribution in [1.82, 2.24) is 29.5 Å². The van der Waals surface area contributed by atoms with E-state index < -0.39 is 0 Å². The Morgan fingerprint density at radius 1 is 1.22 bits per heavy atom. The molecule has 1 aliphatic carbocycles. The summed E-state index contributed by atoms with van der Waals surface area (Å²) < 4.78 is 7.19. The number of methoxy groups -OCH3 is 1. The van der Waals surface area contributed by atoms with Gasteiger partial charge in [-0.1, -0.05) is 0 Å². The summed E-state index contributed by atoms with van der Waals surface area (Å²) >= 11 is 0. The van der Waals surface area contributed by atoms with Crippen molar-refractivity contribution in [2.45, 2.75) is 37.8 Å². The molecule has 0 unspecified atom stereocenters. The van der Waals surface area contributed by atoms with Gasteiger partial charge in [0.15, 0.2) is 5.65 Å². The number of hydrogen-bond acceptors (Lipinski definition) is 6. The summed E-state index contributed by atoms with van der Waals surface area (Å²) in [6.07, 6.45) is 12.0. The Labute approximate surface area is 156 Å². The molecule has 1 fully saturated rings. The number of nitrogens with one attached hydrogen (secondary N) is 2. The van der Waals surface area contributed by atoms with Gasteiger partial charge in [-0.15, -0.1) is 0 Å². The highest BCUT2D eigenvalue weighted by atomic mass is 16.5. The zero-order chi connectivity index (χ0) is 18.2. The molecule has 0 amide bonds. The summed E-state index contributed by atoms with van der Waals surface area (Å²) in [5, 5.41) is 8.60. The summed E-state index contributed by atoms with van der Waals surface area (Å²) in [6.45, 7) is 0. The maximum atomic E-state index is 5.44. The third kappa shape index (κ3) is 3.02. The highest BCUT2D eigenvalue weighted by Gasteiger charge is 2.21. The number of rotatable bonds is 4. The van der Waals surface area contributed by atoms with Crippen molar-refractivity contribution >= 4 is 22.6 Å². The predicted molar refractivity (Wildman–Crippen MR) is 103 cm³/mol. The van der Waals surface area contributed by atoms with Gasteiger partial charge in [-0.05, 0) is 43.4 Å². The fourth-order valence-corrected chi connectivity index (χ4v) is 3.82. The van der Waals surface area contributed by atoms with Crippen LogP contribution in [0.5, 0.6) is 0 Å². The molecule has 0 radical (unpaired) electrons. The van der Waals surface area contributed by atoms with Crippen LogP contribution in [0.1, 0.15) is 25.7 Å². The van der Waals surface area contributed by atoms with E-state index in [9.17, 15) is 0 Å². The normalized spacial score (nSPS) is 20.3. The van der Waals surface area contributed by atoms with E-state index in [1.807, 2.05) is 30.7 Å². The molecule has 8 heteroatoms. The lowest BCUT2D eigenvalue weighted by Gasteiger charge is -2.28. The van der Waals surface area contributed by atoms with E-state index in [1.54, 1.807) is 18.0 Å². The third-order valence-electron chi connectivity index (χ3n) is 5.36. The lowest BCUT2D eigenvalue weighted by molar-refractivity contribution is 0.0681. The lowest BCUT2D eigenvalue weighted by Crippen LogP contribution is -2.29. The van der Waals surface area contributed by atoms with Gasteiger partial charge >= 0.3 is 0 Å². The minimum absolute atomic E-state index is 0.389. The Bertz CT molecular complexity index is 1080. The van der Waals surface area contributed by atoms with Crippen LogP contribution in [-0.4, -0.2) is 48.8 Å². The molecule has 1 aliphatic rings. The molecule has 0 aliphatic heterocycles. The molecule has 2 N–H and O–H groups in total.